The molecule has 0 fully saturated rings. The van der Waals surface area contributed by atoms with Crippen molar-refractivity contribution in [2.45, 2.75) is 13.5 Å². The van der Waals surface area contributed by atoms with E-state index in [2.05, 4.69) is 21.2 Å². The zero-order valence-corrected chi connectivity index (χ0v) is 12.0. The molecule has 1 N–H and O–H groups in total. The summed E-state index contributed by atoms with van der Waals surface area (Å²) in [5, 5.41) is 4.61. The van der Waals surface area contributed by atoms with Crippen LogP contribution in [0.2, 0.25) is 0 Å². The highest BCUT2D eigenvalue weighted by atomic mass is 79.9. The number of anilines is 1. The first-order chi connectivity index (χ1) is 8.60. The number of hydrogen-bond donors (Lipinski definition) is 1. The van der Waals surface area contributed by atoms with Crippen LogP contribution < -0.4 is 10.9 Å². The van der Waals surface area contributed by atoms with Gasteiger partial charge in [0.05, 0.1) is 10.6 Å². The SMILES string of the molecule is CCn1cc(NC(=O)c2cc(Br)cs2)ccc1=O. The maximum absolute atomic E-state index is 11.9. The molecule has 2 aromatic heterocycles. The van der Waals surface area contributed by atoms with Crippen LogP contribution in [0.1, 0.15) is 16.6 Å². The average Bonchev–Trinajstić information content (AvgIpc) is 2.78. The summed E-state index contributed by atoms with van der Waals surface area (Å²) in [6.45, 7) is 2.45. The van der Waals surface area contributed by atoms with Crippen molar-refractivity contribution in [2.24, 2.45) is 0 Å². The molecule has 2 aromatic rings. The number of aryl methyl sites for hydroxylation is 1. The smallest absolute Gasteiger partial charge is 0.265 e. The molecule has 0 aliphatic heterocycles. The second-order valence-electron chi connectivity index (χ2n) is 3.63. The van der Waals surface area contributed by atoms with E-state index in [1.807, 2.05) is 12.3 Å². The molecule has 1 amide bonds. The summed E-state index contributed by atoms with van der Waals surface area (Å²) in [6.07, 6.45) is 1.64. The van der Waals surface area contributed by atoms with E-state index in [-0.39, 0.29) is 11.5 Å². The van der Waals surface area contributed by atoms with Crippen molar-refractivity contribution in [1.29, 1.82) is 0 Å². The summed E-state index contributed by atoms with van der Waals surface area (Å²) < 4.78 is 2.43. The van der Waals surface area contributed by atoms with Crippen molar-refractivity contribution >= 4 is 38.9 Å². The number of carbonyl (C=O) groups is 1. The third kappa shape index (κ3) is 2.88. The lowest BCUT2D eigenvalue weighted by Gasteiger charge is -2.06. The van der Waals surface area contributed by atoms with E-state index in [0.717, 1.165) is 4.47 Å². The Kier molecular flexibility index (Phi) is 3.98. The number of hydrogen-bond acceptors (Lipinski definition) is 3. The number of carbonyl (C=O) groups excluding carboxylic acids is 1. The quantitative estimate of drug-likeness (QED) is 0.942. The number of rotatable bonds is 3. The van der Waals surface area contributed by atoms with Crippen molar-refractivity contribution in [3.05, 3.63) is 49.5 Å². The molecular formula is C12H11BrN2O2S. The van der Waals surface area contributed by atoms with Gasteiger partial charge in [-0.05, 0) is 35.0 Å². The highest BCUT2D eigenvalue weighted by molar-refractivity contribution is 9.10. The lowest BCUT2D eigenvalue weighted by molar-refractivity contribution is 0.103. The molecule has 2 heterocycles. The van der Waals surface area contributed by atoms with Crippen LogP contribution in [0, 0.1) is 0 Å². The van der Waals surface area contributed by atoms with Gasteiger partial charge in [-0.25, -0.2) is 0 Å². The summed E-state index contributed by atoms with van der Waals surface area (Å²) in [4.78, 5) is 23.9. The van der Waals surface area contributed by atoms with Crippen molar-refractivity contribution < 1.29 is 4.79 Å². The van der Waals surface area contributed by atoms with Gasteiger partial charge in [-0.1, -0.05) is 0 Å². The maximum Gasteiger partial charge on any atom is 0.265 e. The standard InChI is InChI=1S/C12H11BrN2O2S/c1-2-15-6-9(3-4-11(15)16)14-12(17)10-5-8(13)7-18-10/h3-7H,2H2,1H3,(H,14,17). The van der Waals surface area contributed by atoms with Crippen LogP contribution in [-0.4, -0.2) is 10.5 Å². The fourth-order valence-corrected chi connectivity index (χ4v) is 2.80. The van der Waals surface area contributed by atoms with Crippen molar-refractivity contribution in [2.75, 3.05) is 5.32 Å². The number of halogens is 1. The van der Waals surface area contributed by atoms with Gasteiger partial charge in [-0.15, -0.1) is 11.3 Å². The molecule has 0 atom stereocenters. The van der Waals surface area contributed by atoms with Gasteiger partial charge in [0.2, 0.25) is 0 Å². The van der Waals surface area contributed by atoms with E-state index in [1.165, 1.54) is 17.4 Å². The molecule has 2 rings (SSSR count). The van der Waals surface area contributed by atoms with Crippen LogP contribution in [0.15, 0.2) is 39.0 Å². The van der Waals surface area contributed by atoms with E-state index >= 15 is 0 Å². The Morgan fingerprint density at radius 2 is 2.28 bits per heavy atom. The summed E-state index contributed by atoms with van der Waals surface area (Å²) in [6, 6.07) is 4.81. The van der Waals surface area contributed by atoms with Crippen molar-refractivity contribution in [3.63, 3.8) is 0 Å². The molecule has 6 heteroatoms. The second kappa shape index (κ2) is 5.49. The first kappa shape index (κ1) is 13.0. The average molecular weight is 327 g/mol. The normalized spacial score (nSPS) is 10.3. The molecule has 0 unspecified atom stereocenters. The molecule has 0 radical (unpaired) electrons. The Bertz CT molecular complexity index is 633. The predicted octanol–water partition coefficient (Wildman–Crippen LogP) is 2.94. The Morgan fingerprint density at radius 3 is 2.89 bits per heavy atom. The highest BCUT2D eigenvalue weighted by Crippen LogP contribution is 2.20. The summed E-state index contributed by atoms with van der Waals surface area (Å²) in [5.41, 5.74) is 0.542. The molecule has 18 heavy (non-hydrogen) atoms. The minimum absolute atomic E-state index is 0.0747. The summed E-state index contributed by atoms with van der Waals surface area (Å²) >= 11 is 4.67. The first-order valence-corrected chi connectivity index (χ1v) is 7.03. The maximum atomic E-state index is 11.9. The van der Waals surface area contributed by atoms with E-state index < -0.39 is 0 Å². The lowest BCUT2D eigenvalue weighted by Crippen LogP contribution is -2.19. The third-order valence-corrected chi connectivity index (χ3v) is 4.06. The molecule has 0 saturated heterocycles. The lowest BCUT2D eigenvalue weighted by atomic mass is 10.3. The van der Waals surface area contributed by atoms with Crippen molar-refractivity contribution in [3.8, 4) is 0 Å². The fourth-order valence-electron chi connectivity index (χ4n) is 1.48. The third-order valence-electron chi connectivity index (χ3n) is 2.37. The zero-order chi connectivity index (χ0) is 13.1. The molecule has 4 nitrogen and oxygen atoms in total. The number of amides is 1. The van der Waals surface area contributed by atoms with Crippen LogP contribution in [0.25, 0.3) is 0 Å². The van der Waals surface area contributed by atoms with Gasteiger partial charge in [-0.3, -0.25) is 9.59 Å². The predicted molar refractivity (Wildman–Crippen MR) is 76.3 cm³/mol. The molecule has 0 aliphatic carbocycles. The van der Waals surface area contributed by atoms with E-state index in [1.54, 1.807) is 22.9 Å². The topological polar surface area (TPSA) is 51.1 Å². The molecular weight excluding hydrogens is 316 g/mol. The minimum atomic E-state index is -0.174. The Labute approximate surface area is 116 Å². The summed E-state index contributed by atoms with van der Waals surface area (Å²) in [5.74, 6) is -0.174. The number of pyridine rings is 1. The zero-order valence-electron chi connectivity index (χ0n) is 9.64. The van der Waals surface area contributed by atoms with Gasteiger partial charge < -0.3 is 9.88 Å². The molecule has 0 bridgehead atoms. The van der Waals surface area contributed by atoms with Gasteiger partial charge in [0, 0.05) is 28.7 Å². The van der Waals surface area contributed by atoms with Gasteiger partial charge in [0.1, 0.15) is 0 Å². The molecule has 0 aliphatic rings. The number of nitrogens with one attached hydrogen (secondary N) is 1. The van der Waals surface area contributed by atoms with Crippen molar-refractivity contribution in [1.82, 2.24) is 4.57 Å². The van der Waals surface area contributed by atoms with Crippen LogP contribution in [-0.2, 0) is 6.54 Å². The van der Waals surface area contributed by atoms with Crippen LogP contribution >= 0.6 is 27.3 Å². The van der Waals surface area contributed by atoms with Gasteiger partial charge in [0.25, 0.3) is 11.5 Å². The number of nitrogens with zero attached hydrogens (tertiary/aromatic N) is 1. The minimum Gasteiger partial charge on any atom is -0.320 e. The van der Waals surface area contributed by atoms with E-state index in [0.29, 0.717) is 17.1 Å². The Balaban J connectivity index is 2.19. The monoisotopic (exact) mass is 326 g/mol. The Hall–Kier alpha value is -1.40. The molecule has 0 saturated carbocycles. The van der Waals surface area contributed by atoms with Crippen LogP contribution in [0.4, 0.5) is 5.69 Å². The van der Waals surface area contributed by atoms with Crippen LogP contribution in [0.5, 0.6) is 0 Å². The van der Waals surface area contributed by atoms with Gasteiger partial charge in [-0.2, -0.15) is 0 Å². The molecule has 94 valence electrons. The molecule has 0 aromatic carbocycles. The van der Waals surface area contributed by atoms with Gasteiger partial charge in [0.15, 0.2) is 0 Å². The number of aromatic nitrogens is 1. The largest absolute Gasteiger partial charge is 0.320 e. The number of thiophene rings is 1. The van der Waals surface area contributed by atoms with Gasteiger partial charge >= 0.3 is 0 Å². The molecule has 0 spiro atoms. The van der Waals surface area contributed by atoms with Crippen LogP contribution in [0.3, 0.4) is 0 Å². The van der Waals surface area contributed by atoms with E-state index in [4.69, 9.17) is 0 Å². The fraction of sp³-hybridized carbons (Fsp3) is 0.167. The highest BCUT2D eigenvalue weighted by Gasteiger charge is 2.09. The Morgan fingerprint density at radius 1 is 1.50 bits per heavy atom. The first-order valence-electron chi connectivity index (χ1n) is 5.36. The summed E-state index contributed by atoms with van der Waals surface area (Å²) in [7, 11) is 0. The van der Waals surface area contributed by atoms with E-state index in [9.17, 15) is 9.59 Å². The second-order valence-corrected chi connectivity index (χ2v) is 5.45.